The topological polar surface area (TPSA) is 72.9 Å². The summed E-state index contributed by atoms with van der Waals surface area (Å²) in [6.45, 7) is 5.45. The predicted octanol–water partition coefficient (Wildman–Crippen LogP) is 4.00. The maximum absolute atomic E-state index is 14.1. The molecule has 0 N–H and O–H groups in total. The number of hydrogen-bond acceptors (Lipinski definition) is 5. The molecule has 0 fully saturated rings. The summed E-state index contributed by atoms with van der Waals surface area (Å²) in [6, 6.07) is 10.5. The number of rotatable bonds is 9. The molecule has 6 nitrogen and oxygen atoms in total. The Labute approximate surface area is 171 Å². The van der Waals surface area contributed by atoms with Gasteiger partial charge in [0.05, 0.1) is 18.4 Å². The van der Waals surface area contributed by atoms with Crippen LogP contribution in [0.25, 0.3) is 0 Å². The average molecular weight is 424 g/mol. The van der Waals surface area contributed by atoms with Crippen LogP contribution in [0.5, 0.6) is 11.5 Å². The minimum absolute atomic E-state index is 0.00801. The lowest BCUT2D eigenvalue weighted by Gasteiger charge is -2.29. The Hall–Kier alpha value is -2.61. The van der Waals surface area contributed by atoms with E-state index in [0.717, 1.165) is 0 Å². The van der Waals surface area contributed by atoms with E-state index in [1.165, 1.54) is 38.3 Å². The predicted molar refractivity (Wildman–Crippen MR) is 109 cm³/mol. The molecule has 158 valence electrons. The maximum atomic E-state index is 14.1. The lowest BCUT2D eigenvalue weighted by molar-refractivity contribution is 0.0666. The van der Waals surface area contributed by atoms with Crippen molar-refractivity contribution in [2.45, 2.75) is 39.8 Å². The fraction of sp³-hybridized carbons (Fsp3) is 0.381. The highest BCUT2D eigenvalue weighted by atomic mass is 32.2. The van der Waals surface area contributed by atoms with Gasteiger partial charge in [0.15, 0.2) is 11.5 Å². The quantitative estimate of drug-likeness (QED) is 0.570. The van der Waals surface area contributed by atoms with Crippen LogP contribution in [-0.4, -0.2) is 38.1 Å². The summed E-state index contributed by atoms with van der Waals surface area (Å²) in [5.41, 5.74) is 0.628. The second-order valence-corrected chi connectivity index (χ2v) is 8.44. The Balaban J connectivity index is 2.39. The number of nitrogens with zero attached hydrogens (tertiary/aromatic N) is 1. The Kier molecular flexibility index (Phi) is 7.61. The fourth-order valence-electron chi connectivity index (χ4n) is 2.71. The van der Waals surface area contributed by atoms with Crippen LogP contribution in [0.15, 0.2) is 42.5 Å². The molecular formula is C21H26FNO5S. The SMILES string of the molecule is CC[C@H](C)N(Cc1ccc(OC)c(OS(=O)(=O)CC)c1)C(=O)c1ccccc1F. The van der Waals surface area contributed by atoms with Gasteiger partial charge in [0.25, 0.3) is 5.91 Å². The molecule has 8 heteroatoms. The summed E-state index contributed by atoms with van der Waals surface area (Å²) in [5, 5.41) is 0. The molecular weight excluding hydrogens is 397 g/mol. The number of methoxy groups -OCH3 is 1. The van der Waals surface area contributed by atoms with Crippen molar-refractivity contribution in [2.75, 3.05) is 12.9 Å². The molecule has 0 saturated heterocycles. The molecule has 2 aromatic rings. The van der Waals surface area contributed by atoms with E-state index < -0.39 is 21.8 Å². The first kappa shape index (κ1) is 22.7. The smallest absolute Gasteiger partial charge is 0.309 e. The van der Waals surface area contributed by atoms with Gasteiger partial charge in [-0.25, -0.2) is 4.39 Å². The lowest BCUT2D eigenvalue weighted by Crippen LogP contribution is -2.38. The van der Waals surface area contributed by atoms with Gasteiger partial charge in [-0.3, -0.25) is 4.79 Å². The van der Waals surface area contributed by atoms with Crippen LogP contribution >= 0.6 is 0 Å². The molecule has 0 heterocycles. The summed E-state index contributed by atoms with van der Waals surface area (Å²) in [6.07, 6.45) is 0.671. The number of benzene rings is 2. The van der Waals surface area contributed by atoms with Crippen LogP contribution in [0.2, 0.25) is 0 Å². The van der Waals surface area contributed by atoms with Crippen LogP contribution in [-0.2, 0) is 16.7 Å². The molecule has 0 aliphatic carbocycles. The molecule has 0 radical (unpaired) electrons. The van der Waals surface area contributed by atoms with Gasteiger partial charge in [-0.15, -0.1) is 0 Å². The minimum Gasteiger partial charge on any atom is -0.493 e. The van der Waals surface area contributed by atoms with Crippen LogP contribution in [0.1, 0.15) is 43.1 Å². The van der Waals surface area contributed by atoms with Crippen molar-refractivity contribution < 1.29 is 26.5 Å². The van der Waals surface area contributed by atoms with Gasteiger partial charge in [-0.1, -0.05) is 25.1 Å². The van der Waals surface area contributed by atoms with Gasteiger partial charge in [-0.05, 0) is 50.1 Å². The summed E-state index contributed by atoms with van der Waals surface area (Å²) < 4.78 is 48.2. The molecule has 1 atom stereocenters. The lowest BCUT2D eigenvalue weighted by atomic mass is 10.1. The van der Waals surface area contributed by atoms with Gasteiger partial charge in [0.1, 0.15) is 5.82 Å². The third-order valence-electron chi connectivity index (χ3n) is 4.64. The van der Waals surface area contributed by atoms with Crippen LogP contribution in [0.4, 0.5) is 4.39 Å². The summed E-state index contributed by atoms with van der Waals surface area (Å²) >= 11 is 0. The van der Waals surface area contributed by atoms with Crippen molar-refractivity contribution in [1.29, 1.82) is 0 Å². The minimum atomic E-state index is -3.75. The molecule has 29 heavy (non-hydrogen) atoms. The Morgan fingerprint density at radius 2 is 1.83 bits per heavy atom. The number of hydrogen-bond donors (Lipinski definition) is 0. The third kappa shape index (κ3) is 5.69. The zero-order valence-corrected chi connectivity index (χ0v) is 17.8. The molecule has 0 aromatic heterocycles. The normalized spacial score (nSPS) is 12.3. The van der Waals surface area contributed by atoms with Crippen molar-refractivity contribution in [3.8, 4) is 11.5 Å². The van der Waals surface area contributed by atoms with E-state index in [1.54, 1.807) is 23.1 Å². The molecule has 0 spiro atoms. The first-order chi connectivity index (χ1) is 13.7. The summed E-state index contributed by atoms with van der Waals surface area (Å²) in [4.78, 5) is 14.5. The van der Waals surface area contributed by atoms with E-state index in [0.29, 0.717) is 12.0 Å². The largest absolute Gasteiger partial charge is 0.493 e. The number of amides is 1. The number of ether oxygens (including phenoxy) is 1. The van der Waals surface area contributed by atoms with E-state index in [2.05, 4.69) is 0 Å². The number of carbonyl (C=O) groups is 1. The zero-order chi connectivity index (χ0) is 21.6. The van der Waals surface area contributed by atoms with Crippen LogP contribution in [0, 0.1) is 5.82 Å². The molecule has 1 amide bonds. The molecule has 0 aliphatic heterocycles. The van der Waals surface area contributed by atoms with Crippen molar-refractivity contribution in [3.05, 3.63) is 59.4 Å². The van der Waals surface area contributed by atoms with Crippen molar-refractivity contribution in [3.63, 3.8) is 0 Å². The second-order valence-electron chi connectivity index (χ2n) is 6.59. The maximum Gasteiger partial charge on any atom is 0.309 e. The van der Waals surface area contributed by atoms with Gasteiger partial charge in [-0.2, -0.15) is 8.42 Å². The zero-order valence-electron chi connectivity index (χ0n) is 17.0. The van der Waals surface area contributed by atoms with Crippen LogP contribution in [0.3, 0.4) is 0 Å². The molecule has 0 unspecified atom stereocenters. The van der Waals surface area contributed by atoms with Gasteiger partial charge in [0.2, 0.25) is 0 Å². The van der Waals surface area contributed by atoms with Crippen molar-refractivity contribution in [1.82, 2.24) is 4.90 Å². The first-order valence-corrected chi connectivity index (χ1v) is 10.9. The Morgan fingerprint density at radius 1 is 1.14 bits per heavy atom. The highest BCUT2D eigenvalue weighted by Crippen LogP contribution is 2.30. The second kappa shape index (κ2) is 9.73. The fourth-order valence-corrected chi connectivity index (χ4v) is 3.24. The molecule has 2 aromatic carbocycles. The van der Waals surface area contributed by atoms with Gasteiger partial charge in [0, 0.05) is 12.6 Å². The molecule has 0 aliphatic rings. The van der Waals surface area contributed by atoms with Crippen molar-refractivity contribution >= 4 is 16.0 Å². The molecule has 0 saturated carbocycles. The van der Waals surface area contributed by atoms with Crippen molar-refractivity contribution in [2.24, 2.45) is 0 Å². The number of carbonyl (C=O) groups excluding carboxylic acids is 1. The average Bonchev–Trinajstić information content (AvgIpc) is 2.71. The molecule has 0 bridgehead atoms. The van der Waals surface area contributed by atoms with E-state index in [-0.39, 0.29) is 35.4 Å². The van der Waals surface area contributed by atoms with E-state index >= 15 is 0 Å². The molecule has 2 rings (SSSR count). The van der Waals surface area contributed by atoms with E-state index in [9.17, 15) is 17.6 Å². The van der Waals surface area contributed by atoms with E-state index in [1.807, 2.05) is 13.8 Å². The standard InChI is InChI=1S/C21H26FNO5S/c1-5-15(3)23(21(24)17-9-7-8-10-18(17)22)14-16-11-12-19(27-4)20(13-16)28-29(25,26)6-2/h7-13,15H,5-6,14H2,1-4H3/t15-/m0/s1. The van der Waals surface area contributed by atoms with Gasteiger partial charge >= 0.3 is 10.1 Å². The Bertz CT molecular complexity index is 961. The summed E-state index contributed by atoms with van der Waals surface area (Å²) in [5.74, 6) is -0.892. The highest BCUT2D eigenvalue weighted by Gasteiger charge is 2.24. The summed E-state index contributed by atoms with van der Waals surface area (Å²) in [7, 11) is -2.34. The first-order valence-electron chi connectivity index (χ1n) is 9.37. The highest BCUT2D eigenvalue weighted by molar-refractivity contribution is 7.87. The van der Waals surface area contributed by atoms with Crippen LogP contribution < -0.4 is 8.92 Å². The van der Waals surface area contributed by atoms with E-state index in [4.69, 9.17) is 8.92 Å². The third-order valence-corrected chi connectivity index (χ3v) is 5.78. The number of halogens is 1. The monoisotopic (exact) mass is 423 g/mol. The van der Waals surface area contributed by atoms with Gasteiger partial charge < -0.3 is 13.8 Å². The Morgan fingerprint density at radius 3 is 2.41 bits per heavy atom.